The molecule has 3 nitrogen and oxygen atoms in total. The first-order valence-corrected chi connectivity index (χ1v) is 6.80. The molecule has 1 aromatic rings. The average Bonchev–Trinajstić information content (AvgIpc) is 2.35. The van der Waals surface area contributed by atoms with Crippen LogP contribution in [0.5, 0.6) is 0 Å². The van der Waals surface area contributed by atoms with Crippen molar-refractivity contribution in [1.82, 2.24) is 9.97 Å². The molecule has 1 aliphatic rings. The normalized spacial score (nSPS) is 16.4. The third kappa shape index (κ3) is 3.09. The summed E-state index contributed by atoms with van der Waals surface area (Å²) in [7, 11) is 2.09. The molecular formula is C13H20ClN3. The van der Waals surface area contributed by atoms with E-state index in [2.05, 4.69) is 21.9 Å². The number of rotatable bonds is 4. The van der Waals surface area contributed by atoms with Crippen LogP contribution in [-0.2, 0) is 12.8 Å². The van der Waals surface area contributed by atoms with E-state index in [0.29, 0.717) is 0 Å². The molecule has 1 aromatic heterocycles. The van der Waals surface area contributed by atoms with Gasteiger partial charge in [0.15, 0.2) is 0 Å². The molecule has 2 rings (SSSR count). The molecule has 0 saturated carbocycles. The van der Waals surface area contributed by atoms with Gasteiger partial charge >= 0.3 is 0 Å². The lowest BCUT2D eigenvalue weighted by atomic mass is 9.96. The molecule has 0 fully saturated rings. The second kappa shape index (κ2) is 5.67. The summed E-state index contributed by atoms with van der Waals surface area (Å²) in [6.07, 6.45) is 7.41. The van der Waals surface area contributed by atoms with Crippen molar-refractivity contribution in [1.29, 1.82) is 0 Å². The quantitative estimate of drug-likeness (QED) is 0.773. The first-order chi connectivity index (χ1) is 8.18. The maximum Gasteiger partial charge on any atom is 0.135 e. The predicted molar refractivity (Wildman–Crippen MR) is 71.9 cm³/mol. The van der Waals surface area contributed by atoms with Crippen LogP contribution in [0, 0.1) is 0 Å². The van der Waals surface area contributed by atoms with Crippen LogP contribution in [0.3, 0.4) is 0 Å². The van der Waals surface area contributed by atoms with Gasteiger partial charge in [-0.25, -0.2) is 9.97 Å². The van der Waals surface area contributed by atoms with Gasteiger partial charge in [-0.3, -0.25) is 0 Å². The van der Waals surface area contributed by atoms with Crippen molar-refractivity contribution in [3.8, 4) is 0 Å². The summed E-state index contributed by atoms with van der Waals surface area (Å²) in [6, 6.07) is 0. The van der Waals surface area contributed by atoms with Crippen molar-refractivity contribution >= 4 is 17.4 Å². The van der Waals surface area contributed by atoms with E-state index in [1.54, 1.807) is 6.33 Å². The zero-order chi connectivity index (χ0) is 12.3. The molecule has 1 heterocycles. The average molecular weight is 254 g/mol. The van der Waals surface area contributed by atoms with Crippen LogP contribution >= 0.6 is 11.6 Å². The summed E-state index contributed by atoms with van der Waals surface area (Å²) in [5, 5.41) is 0.218. The summed E-state index contributed by atoms with van der Waals surface area (Å²) in [6.45, 7) is 2.99. The van der Waals surface area contributed by atoms with E-state index in [1.165, 1.54) is 24.1 Å². The van der Waals surface area contributed by atoms with Crippen LogP contribution in [-0.4, -0.2) is 28.9 Å². The molecule has 0 aromatic carbocycles. The maximum absolute atomic E-state index is 5.99. The van der Waals surface area contributed by atoms with E-state index in [-0.39, 0.29) is 5.38 Å². The van der Waals surface area contributed by atoms with Gasteiger partial charge in [0, 0.05) is 30.2 Å². The van der Waals surface area contributed by atoms with Gasteiger partial charge in [-0.15, -0.1) is 11.6 Å². The summed E-state index contributed by atoms with van der Waals surface area (Å²) in [4.78, 5) is 11.0. The first kappa shape index (κ1) is 12.6. The Morgan fingerprint density at radius 3 is 2.88 bits per heavy atom. The Labute approximate surface area is 108 Å². The second-order valence-corrected chi connectivity index (χ2v) is 5.57. The van der Waals surface area contributed by atoms with E-state index in [9.17, 15) is 0 Å². The lowest BCUT2D eigenvalue weighted by Gasteiger charge is -2.24. The predicted octanol–water partition coefficient (Wildman–Crippen LogP) is 2.81. The van der Waals surface area contributed by atoms with Crippen LogP contribution in [0.2, 0.25) is 0 Å². The summed E-state index contributed by atoms with van der Waals surface area (Å²) < 4.78 is 0. The van der Waals surface area contributed by atoms with Crippen LogP contribution in [0.4, 0.5) is 5.82 Å². The molecule has 0 N–H and O–H groups in total. The minimum atomic E-state index is 0.218. The van der Waals surface area contributed by atoms with E-state index < -0.39 is 0 Å². The van der Waals surface area contributed by atoms with E-state index in [4.69, 9.17) is 11.6 Å². The minimum absolute atomic E-state index is 0.218. The Hall–Kier alpha value is -0.830. The van der Waals surface area contributed by atoms with Gasteiger partial charge in [0.1, 0.15) is 12.1 Å². The fourth-order valence-electron chi connectivity index (χ4n) is 2.31. The Balaban J connectivity index is 2.14. The zero-order valence-electron chi connectivity index (χ0n) is 10.6. The number of hydrogen-bond donors (Lipinski definition) is 0. The standard InChI is InChI=1S/C13H20ClN3/c1-10(14)7-8-17(2)13-11-5-3-4-6-12(11)15-9-16-13/h9-10H,3-8H2,1-2H3. The fourth-order valence-corrected chi connectivity index (χ4v) is 2.41. The first-order valence-electron chi connectivity index (χ1n) is 6.36. The molecular weight excluding hydrogens is 234 g/mol. The van der Waals surface area contributed by atoms with Crippen molar-refractivity contribution in [2.45, 2.75) is 44.4 Å². The van der Waals surface area contributed by atoms with E-state index >= 15 is 0 Å². The van der Waals surface area contributed by atoms with Crippen molar-refractivity contribution in [3.05, 3.63) is 17.6 Å². The van der Waals surface area contributed by atoms with Crippen LogP contribution in [0.1, 0.15) is 37.4 Å². The van der Waals surface area contributed by atoms with Crippen LogP contribution in [0.15, 0.2) is 6.33 Å². The third-order valence-electron chi connectivity index (χ3n) is 3.33. The largest absolute Gasteiger partial charge is 0.359 e. The minimum Gasteiger partial charge on any atom is -0.359 e. The number of hydrogen-bond acceptors (Lipinski definition) is 3. The monoisotopic (exact) mass is 253 g/mol. The number of nitrogens with zero attached hydrogens (tertiary/aromatic N) is 3. The Morgan fingerprint density at radius 1 is 1.35 bits per heavy atom. The summed E-state index contributed by atoms with van der Waals surface area (Å²) in [5.74, 6) is 1.10. The van der Waals surface area contributed by atoms with Crippen LogP contribution in [0.25, 0.3) is 0 Å². The molecule has 1 atom stereocenters. The molecule has 4 heteroatoms. The number of halogens is 1. The lowest BCUT2D eigenvalue weighted by Crippen LogP contribution is -2.24. The molecule has 0 radical (unpaired) electrons. The van der Waals surface area contributed by atoms with Gasteiger partial charge < -0.3 is 4.90 Å². The molecule has 94 valence electrons. The van der Waals surface area contributed by atoms with Crippen molar-refractivity contribution in [3.63, 3.8) is 0 Å². The van der Waals surface area contributed by atoms with Gasteiger partial charge in [0.05, 0.1) is 0 Å². The smallest absolute Gasteiger partial charge is 0.135 e. The lowest BCUT2D eigenvalue weighted by molar-refractivity contribution is 0.655. The number of alkyl halides is 1. The molecule has 1 aliphatic carbocycles. The summed E-state index contributed by atoms with van der Waals surface area (Å²) in [5.41, 5.74) is 2.59. The fraction of sp³-hybridized carbons (Fsp3) is 0.692. The number of fused-ring (bicyclic) bond motifs is 1. The van der Waals surface area contributed by atoms with Crippen LogP contribution < -0.4 is 4.90 Å². The highest BCUT2D eigenvalue weighted by Crippen LogP contribution is 2.26. The highest BCUT2D eigenvalue weighted by molar-refractivity contribution is 6.20. The number of aromatic nitrogens is 2. The molecule has 0 spiro atoms. The third-order valence-corrected chi connectivity index (χ3v) is 3.54. The molecule has 0 amide bonds. The Morgan fingerprint density at radius 2 is 2.12 bits per heavy atom. The highest BCUT2D eigenvalue weighted by atomic mass is 35.5. The van der Waals surface area contributed by atoms with Gasteiger partial charge in [0.25, 0.3) is 0 Å². The number of aryl methyl sites for hydroxylation is 1. The Bertz CT molecular complexity index is 379. The molecule has 0 bridgehead atoms. The van der Waals surface area contributed by atoms with Gasteiger partial charge in [-0.1, -0.05) is 0 Å². The molecule has 17 heavy (non-hydrogen) atoms. The SMILES string of the molecule is CC(Cl)CCN(C)c1ncnc2c1CCCC2. The summed E-state index contributed by atoms with van der Waals surface area (Å²) >= 11 is 5.99. The van der Waals surface area contributed by atoms with E-state index in [1.807, 2.05) is 6.92 Å². The second-order valence-electron chi connectivity index (χ2n) is 4.82. The number of anilines is 1. The van der Waals surface area contributed by atoms with Crippen molar-refractivity contribution in [2.24, 2.45) is 0 Å². The Kier molecular flexibility index (Phi) is 4.21. The van der Waals surface area contributed by atoms with E-state index in [0.717, 1.165) is 31.6 Å². The molecule has 1 unspecified atom stereocenters. The van der Waals surface area contributed by atoms with Gasteiger partial charge in [0.2, 0.25) is 0 Å². The maximum atomic E-state index is 5.99. The highest BCUT2D eigenvalue weighted by Gasteiger charge is 2.17. The van der Waals surface area contributed by atoms with Crippen molar-refractivity contribution in [2.75, 3.05) is 18.5 Å². The zero-order valence-corrected chi connectivity index (χ0v) is 11.4. The van der Waals surface area contributed by atoms with Crippen molar-refractivity contribution < 1.29 is 0 Å². The topological polar surface area (TPSA) is 29.0 Å². The molecule has 0 aliphatic heterocycles. The molecule has 0 saturated heterocycles. The van der Waals surface area contributed by atoms with Gasteiger partial charge in [-0.2, -0.15) is 0 Å². The van der Waals surface area contributed by atoms with Gasteiger partial charge in [-0.05, 0) is 39.0 Å².